The lowest BCUT2D eigenvalue weighted by molar-refractivity contribution is 0.431. The molecule has 20 heavy (non-hydrogen) atoms. The van der Waals surface area contributed by atoms with E-state index in [4.69, 9.17) is 10.3 Å². The average molecular weight is 264 g/mol. The monoisotopic (exact) mass is 264 g/mol. The highest BCUT2D eigenvalue weighted by molar-refractivity contribution is 5.69. The topological polar surface area (TPSA) is 52.0 Å². The van der Waals surface area contributed by atoms with Crippen molar-refractivity contribution in [2.75, 3.05) is 6.54 Å². The fraction of sp³-hybridized carbons (Fsp3) is 0.118. The summed E-state index contributed by atoms with van der Waals surface area (Å²) in [6, 6.07) is 18.6. The third-order valence-corrected chi connectivity index (χ3v) is 3.31. The smallest absolute Gasteiger partial charge is 0.170 e. The number of hydrogen-bond donors (Lipinski definition) is 1. The zero-order valence-electron chi connectivity index (χ0n) is 11.1. The van der Waals surface area contributed by atoms with E-state index in [0.29, 0.717) is 6.54 Å². The van der Waals surface area contributed by atoms with Crippen molar-refractivity contribution >= 4 is 0 Å². The molecule has 2 N–H and O–H groups in total. The number of aromatic nitrogens is 1. The largest absolute Gasteiger partial charge is 0.356 e. The minimum atomic E-state index is 0.594. The van der Waals surface area contributed by atoms with Crippen LogP contribution in [0.15, 0.2) is 65.3 Å². The Kier molecular flexibility index (Phi) is 3.61. The summed E-state index contributed by atoms with van der Waals surface area (Å²) < 4.78 is 5.34. The molecule has 100 valence electrons. The van der Waals surface area contributed by atoms with Crippen LogP contribution in [-0.4, -0.2) is 11.7 Å². The molecular formula is C17H16N2O. The van der Waals surface area contributed by atoms with Gasteiger partial charge in [-0.2, -0.15) is 0 Å². The molecule has 0 spiro atoms. The highest BCUT2D eigenvalue weighted by Gasteiger charge is 2.10. The summed E-state index contributed by atoms with van der Waals surface area (Å²) in [5.74, 6) is 0.815. The van der Waals surface area contributed by atoms with Crippen molar-refractivity contribution in [2.45, 2.75) is 6.42 Å². The summed E-state index contributed by atoms with van der Waals surface area (Å²) in [6.07, 6.45) is 2.52. The second kappa shape index (κ2) is 5.72. The van der Waals surface area contributed by atoms with Crippen LogP contribution in [0.5, 0.6) is 0 Å². The summed E-state index contributed by atoms with van der Waals surface area (Å²) in [7, 11) is 0. The molecule has 3 aromatic rings. The van der Waals surface area contributed by atoms with Gasteiger partial charge >= 0.3 is 0 Å². The predicted molar refractivity (Wildman–Crippen MR) is 80.1 cm³/mol. The van der Waals surface area contributed by atoms with Gasteiger partial charge in [-0.15, -0.1) is 0 Å². The van der Waals surface area contributed by atoms with Crippen LogP contribution < -0.4 is 5.73 Å². The van der Waals surface area contributed by atoms with E-state index < -0.39 is 0 Å². The van der Waals surface area contributed by atoms with Crippen molar-refractivity contribution < 1.29 is 4.52 Å². The highest BCUT2D eigenvalue weighted by Crippen LogP contribution is 2.27. The third kappa shape index (κ3) is 2.49. The van der Waals surface area contributed by atoms with E-state index in [9.17, 15) is 0 Å². The first-order valence-corrected chi connectivity index (χ1v) is 6.68. The lowest BCUT2D eigenvalue weighted by atomic mass is 10.0. The van der Waals surface area contributed by atoms with Gasteiger partial charge in [0.1, 0.15) is 0 Å². The van der Waals surface area contributed by atoms with Crippen molar-refractivity contribution in [2.24, 2.45) is 5.73 Å². The molecule has 3 heteroatoms. The fourth-order valence-corrected chi connectivity index (χ4v) is 2.28. The summed E-state index contributed by atoms with van der Waals surface area (Å²) in [6.45, 7) is 0.594. The number of hydrogen-bond acceptors (Lipinski definition) is 3. The van der Waals surface area contributed by atoms with Gasteiger partial charge in [0.15, 0.2) is 5.76 Å². The molecule has 0 fully saturated rings. The highest BCUT2D eigenvalue weighted by atomic mass is 16.5. The third-order valence-electron chi connectivity index (χ3n) is 3.31. The Morgan fingerprint density at radius 3 is 2.20 bits per heavy atom. The first-order chi connectivity index (χ1) is 9.88. The SMILES string of the molecule is NCCc1cnoc1-c1ccc(-c2ccccc2)cc1. The van der Waals surface area contributed by atoms with E-state index in [-0.39, 0.29) is 0 Å². The van der Waals surface area contributed by atoms with E-state index in [1.807, 2.05) is 18.2 Å². The van der Waals surface area contributed by atoms with Crippen LogP contribution in [0.4, 0.5) is 0 Å². The van der Waals surface area contributed by atoms with Crippen LogP contribution >= 0.6 is 0 Å². The normalized spacial score (nSPS) is 10.7. The molecule has 0 saturated heterocycles. The van der Waals surface area contributed by atoms with Gasteiger partial charge in [-0.3, -0.25) is 0 Å². The molecule has 0 aliphatic heterocycles. The maximum absolute atomic E-state index is 5.60. The summed E-state index contributed by atoms with van der Waals surface area (Å²) in [5, 5.41) is 3.87. The zero-order valence-corrected chi connectivity index (χ0v) is 11.1. The lowest BCUT2D eigenvalue weighted by Gasteiger charge is -2.04. The molecule has 0 bridgehead atoms. The first kappa shape index (κ1) is 12.6. The Hall–Kier alpha value is -2.39. The number of rotatable bonds is 4. The van der Waals surface area contributed by atoms with Gasteiger partial charge in [0.25, 0.3) is 0 Å². The van der Waals surface area contributed by atoms with Crippen LogP contribution in [0.25, 0.3) is 22.5 Å². The van der Waals surface area contributed by atoms with Crippen LogP contribution in [0.3, 0.4) is 0 Å². The van der Waals surface area contributed by atoms with Gasteiger partial charge in [-0.25, -0.2) is 0 Å². The minimum absolute atomic E-state index is 0.594. The second-order valence-electron chi connectivity index (χ2n) is 4.66. The van der Waals surface area contributed by atoms with E-state index >= 15 is 0 Å². The molecule has 0 aliphatic rings. The molecule has 0 saturated carbocycles. The molecule has 0 radical (unpaired) electrons. The van der Waals surface area contributed by atoms with Gasteiger partial charge in [0.2, 0.25) is 0 Å². The van der Waals surface area contributed by atoms with Crippen molar-refractivity contribution in [3.05, 3.63) is 66.4 Å². The Labute approximate surface area is 118 Å². The molecule has 1 heterocycles. The Morgan fingerprint density at radius 2 is 1.50 bits per heavy atom. The van der Waals surface area contributed by atoms with Crippen LogP contribution in [0.2, 0.25) is 0 Å². The van der Waals surface area contributed by atoms with Gasteiger partial charge in [-0.05, 0) is 24.1 Å². The van der Waals surface area contributed by atoms with Gasteiger partial charge < -0.3 is 10.3 Å². The predicted octanol–water partition coefficient (Wildman–Crippen LogP) is 3.51. The molecular weight excluding hydrogens is 248 g/mol. The minimum Gasteiger partial charge on any atom is -0.356 e. The Balaban J connectivity index is 1.91. The van der Waals surface area contributed by atoms with Crippen LogP contribution in [-0.2, 0) is 6.42 Å². The second-order valence-corrected chi connectivity index (χ2v) is 4.66. The molecule has 3 nitrogen and oxygen atoms in total. The van der Waals surface area contributed by atoms with Gasteiger partial charge in [-0.1, -0.05) is 59.8 Å². The standard InChI is InChI=1S/C17H16N2O/c18-11-10-16-12-19-20-17(16)15-8-6-14(7-9-15)13-4-2-1-3-5-13/h1-9,12H,10-11,18H2. The van der Waals surface area contributed by atoms with Gasteiger partial charge in [0, 0.05) is 11.1 Å². The number of nitrogens with two attached hydrogens (primary N) is 1. The molecule has 0 amide bonds. The van der Waals surface area contributed by atoms with E-state index in [1.165, 1.54) is 11.1 Å². The fourth-order valence-electron chi connectivity index (χ4n) is 2.28. The molecule has 0 atom stereocenters. The van der Waals surface area contributed by atoms with E-state index in [0.717, 1.165) is 23.3 Å². The molecule has 3 rings (SSSR count). The van der Waals surface area contributed by atoms with E-state index in [2.05, 4.69) is 41.6 Å². The maximum Gasteiger partial charge on any atom is 0.170 e. The Bertz CT molecular complexity index is 672. The summed E-state index contributed by atoms with van der Waals surface area (Å²) >= 11 is 0. The van der Waals surface area contributed by atoms with E-state index in [1.54, 1.807) is 6.20 Å². The van der Waals surface area contributed by atoms with Crippen molar-refractivity contribution in [1.29, 1.82) is 0 Å². The number of nitrogens with zero attached hydrogens (tertiary/aromatic N) is 1. The molecule has 1 aromatic heterocycles. The Morgan fingerprint density at radius 1 is 0.850 bits per heavy atom. The zero-order chi connectivity index (χ0) is 13.8. The first-order valence-electron chi connectivity index (χ1n) is 6.68. The van der Waals surface area contributed by atoms with Crippen LogP contribution in [0.1, 0.15) is 5.56 Å². The van der Waals surface area contributed by atoms with Crippen LogP contribution in [0, 0.1) is 0 Å². The molecule has 2 aromatic carbocycles. The maximum atomic E-state index is 5.60. The summed E-state index contributed by atoms with van der Waals surface area (Å²) in [4.78, 5) is 0. The van der Waals surface area contributed by atoms with Crippen molar-refractivity contribution in [3.8, 4) is 22.5 Å². The number of benzene rings is 2. The van der Waals surface area contributed by atoms with Crippen molar-refractivity contribution in [3.63, 3.8) is 0 Å². The molecule has 0 unspecified atom stereocenters. The summed E-state index contributed by atoms with van der Waals surface area (Å²) in [5.41, 5.74) is 10.1. The van der Waals surface area contributed by atoms with Gasteiger partial charge in [0.05, 0.1) is 6.20 Å². The quantitative estimate of drug-likeness (QED) is 0.784. The van der Waals surface area contributed by atoms with Crippen molar-refractivity contribution in [1.82, 2.24) is 5.16 Å². The lowest BCUT2D eigenvalue weighted by Crippen LogP contribution is -2.02. The average Bonchev–Trinajstić information content (AvgIpc) is 2.97. The molecule has 0 aliphatic carbocycles.